The fourth-order valence-electron chi connectivity index (χ4n) is 3.44. The van der Waals surface area contributed by atoms with Gasteiger partial charge in [0.25, 0.3) is 11.8 Å². The van der Waals surface area contributed by atoms with Crippen molar-refractivity contribution in [3.63, 3.8) is 0 Å². The van der Waals surface area contributed by atoms with Gasteiger partial charge in [-0.05, 0) is 24.7 Å². The van der Waals surface area contributed by atoms with E-state index in [1.807, 2.05) is 0 Å². The van der Waals surface area contributed by atoms with Crippen LogP contribution < -0.4 is 0 Å². The molecule has 0 aromatic heterocycles. The number of hydroxylamine groups is 2. The minimum absolute atomic E-state index is 0.0784. The van der Waals surface area contributed by atoms with Crippen molar-refractivity contribution in [3.05, 3.63) is 0 Å². The third-order valence-corrected chi connectivity index (χ3v) is 5.69. The van der Waals surface area contributed by atoms with Gasteiger partial charge in [0.1, 0.15) is 6.61 Å². The number of carbonyl (C=O) groups is 4. The highest BCUT2D eigenvalue weighted by Crippen LogP contribution is 2.35. The molecule has 2 heterocycles. The highest BCUT2D eigenvalue weighted by atomic mass is 16.7. The van der Waals surface area contributed by atoms with Crippen LogP contribution in [-0.2, 0) is 38.2 Å². The van der Waals surface area contributed by atoms with Crippen molar-refractivity contribution in [1.82, 2.24) is 5.06 Å². The number of esters is 1. The number of nitrogens with zero attached hydrogens (tertiary/aromatic N) is 1. The molecule has 0 aliphatic carbocycles. The molecule has 2 aliphatic heterocycles. The van der Waals surface area contributed by atoms with Crippen LogP contribution in [0.4, 0.5) is 0 Å². The lowest BCUT2D eigenvalue weighted by Crippen LogP contribution is -2.47. The molecule has 0 aromatic rings. The van der Waals surface area contributed by atoms with E-state index in [0.29, 0.717) is 30.4 Å². The SMILES string of the molecule is CC(=O)OCC1OC(OCCCCC(=O)ON2C(=O)CCC2=O)C(C)C(C)C1C. The minimum atomic E-state index is -0.611. The van der Waals surface area contributed by atoms with Crippen LogP contribution in [0.3, 0.4) is 0 Å². The zero-order chi connectivity index (χ0) is 21.6. The number of ether oxygens (including phenoxy) is 3. The molecule has 164 valence electrons. The summed E-state index contributed by atoms with van der Waals surface area (Å²) < 4.78 is 17.0. The number of hydrogen-bond donors (Lipinski definition) is 0. The molecule has 2 fully saturated rings. The van der Waals surface area contributed by atoms with Gasteiger partial charge in [-0.1, -0.05) is 20.8 Å². The predicted molar refractivity (Wildman–Crippen MR) is 99.8 cm³/mol. The van der Waals surface area contributed by atoms with Gasteiger partial charge in [0.15, 0.2) is 6.29 Å². The van der Waals surface area contributed by atoms with Gasteiger partial charge in [-0.25, -0.2) is 4.79 Å². The Morgan fingerprint density at radius 1 is 1.03 bits per heavy atom. The number of hydrogen-bond acceptors (Lipinski definition) is 8. The molecule has 0 aromatic carbocycles. The quantitative estimate of drug-likeness (QED) is 0.321. The third kappa shape index (κ3) is 6.50. The van der Waals surface area contributed by atoms with Crippen molar-refractivity contribution in [1.29, 1.82) is 0 Å². The second-order valence-corrected chi connectivity index (χ2v) is 7.80. The summed E-state index contributed by atoms with van der Waals surface area (Å²) in [5.74, 6) is -1.18. The second kappa shape index (κ2) is 10.7. The molecule has 0 N–H and O–H groups in total. The first-order chi connectivity index (χ1) is 13.7. The van der Waals surface area contributed by atoms with Crippen LogP contribution >= 0.6 is 0 Å². The Morgan fingerprint density at radius 2 is 1.69 bits per heavy atom. The van der Waals surface area contributed by atoms with E-state index in [0.717, 1.165) is 0 Å². The first-order valence-corrected chi connectivity index (χ1v) is 10.2. The lowest BCUT2D eigenvalue weighted by Gasteiger charge is -2.43. The molecule has 5 unspecified atom stereocenters. The minimum Gasteiger partial charge on any atom is -0.463 e. The lowest BCUT2D eigenvalue weighted by atomic mass is 9.79. The van der Waals surface area contributed by atoms with Crippen LogP contribution in [0.5, 0.6) is 0 Å². The van der Waals surface area contributed by atoms with E-state index in [9.17, 15) is 19.2 Å². The van der Waals surface area contributed by atoms with Gasteiger partial charge < -0.3 is 19.0 Å². The second-order valence-electron chi connectivity index (χ2n) is 7.80. The van der Waals surface area contributed by atoms with E-state index in [-0.39, 0.29) is 49.8 Å². The van der Waals surface area contributed by atoms with Gasteiger partial charge in [0.2, 0.25) is 0 Å². The van der Waals surface area contributed by atoms with E-state index in [2.05, 4.69) is 20.8 Å². The Balaban J connectivity index is 1.69. The lowest BCUT2D eigenvalue weighted by molar-refractivity contribution is -0.255. The number of carbonyl (C=O) groups excluding carboxylic acids is 4. The van der Waals surface area contributed by atoms with Crippen LogP contribution in [0.15, 0.2) is 0 Å². The number of imide groups is 1. The van der Waals surface area contributed by atoms with Crippen molar-refractivity contribution in [2.24, 2.45) is 17.8 Å². The fourth-order valence-corrected chi connectivity index (χ4v) is 3.44. The largest absolute Gasteiger partial charge is 0.463 e. The molecule has 2 aliphatic rings. The number of rotatable bonds is 9. The summed E-state index contributed by atoms with van der Waals surface area (Å²) in [6.45, 7) is 8.24. The Morgan fingerprint density at radius 3 is 2.31 bits per heavy atom. The smallest absolute Gasteiger partial charge is 0.333 e. The molecular weight excluding hydrogens is 382 g/mol. The average molecular weight is 413 g/mol. The zero-order valence-electron chi connectivity index (χ0n) is 17.5. The van der Waals surface area contributed by atoms with Crippen LogP contribution in [0.1, 0.15) is 59.8 Å². The Kier molecular flexibility index (Phi) is 8.58. The summed E-state index contributed by atoms with van der Waals surface area (Å²) in [4.78, 5) is 50.5. The standard InChI is InChI=1S/C20H31NO8/c1-12-13(2)16(11-27-15(4)22)28-20(14(12)3)26-10-6-5-7-19(25)29-21-17(23)8-9-18(21)24/h12-14,16,20H,5-11H2,1-4H3. The topological polar surface area (TPSA) is 108 Å². The van der Waals surface area contributed by atoms with E-state index in [1.54, 1.807) is 0 Å². The maximum atomic E-state index is 11.8. The molecule has 9 nitrogen and oxygen atoms in total. The van der Waals surface area contributed by atoms with E-state index in [4.69, 9.17) is 19.0 Å². The predicted octanol–water partition coefficient (Wildman–Crippen LogP) is 1.98. The van der Waals surface area contributed by atoms with Crippen LogP contribution in [0, 0.1) is 17.8 Å². The van der Waals surface area contributed by atoms with Crippen molar-refractivity contribution >= 4 is 23.8 Å². The highest BCUT2D eigenvalue weighted by molar-refractivity contribution is 6.01. The normalized spacial score (nSPS) is 29.8. The highest BCUT2D eigenvalue weighted by Gasteiger charge is 2.40. The van der Waals surface area contributed by atoms with Gasteiger partial charge in [-0.3, -0.25) is 14.4 Å². The maximum Gasteiger partial charge on any atom is 0.333 e. The molecule has 0 bridgehead atoms. The summed E-state index contributed by atoms with van der Waals surface area (Å²) in [6.07, 6.45) is 0.712. The number of amides is 2. The average Bonchev–Trinajstić information content (AvgIpc) is 2.98. The van der Waals surface area contributed by atoms with Crippen molar-refractivity contribution in [2.45, 2.75) is 72.2 Å². The van der Waals surface area contributed by atoms with Crippen molar-refractivity contribution in [2.75, 3.05) is 13.2 Å². The maximum absolute atomic E-state index is 11.8. The first kappa shape index (κ1) is 23.3. The van der Waals surface area contributed by atoms with E-state index >= 15 is 0 Å². The van der Waals surface area contributed by atoms with E-state index < -0.39 is 24.1 Å². The number of unbranched alkanes of at least 4 members (excludes halogenated alkanes) is 1. The van der Waals surface area contributed by atoms with Crippen molar-refractivity contribution < 1.29 is 38.2 Å². The molecule has 0 spiro atoms. The van der Waals surface area contributed by atoms with Crippen LogP contribution in [0.25, 0.3) is 0 Å². The Bertz CT molecular complexity index is 606. The molecule has 29 heavy (non-hydrogen) atoms. The summed E-state index contributed by atoms with van der Waals surface area (Å²) in [5.41, 5.74) is 0. The Labute approximate surface area is 170 Å². The fraction of sp³-hybridized carbons (Fsp3) is 0.800. The molecule has 2 rings (SSSR count). The molecule has 2 amide bonds. The first-order valence-electron chi connectivity index (χ1n) is 10.2. The summed E-state index contributed by atoms with van der Waals surface area (Å²) in [5, 5.41) is 0.558. The van der Waals surface area contributed by atoms with Crippen LogP contribution in [-0.4, -0.2) is 54.4 Å². The monoisotopic (exact) mass is 413 g/mol. The van der Waals surface area contributed by atoms with Gasteiger partial charge in [-0.2, -0.15) is 0 Å². The van der Waals surface area contributed by atoms with E-state index in [1.165, 1.54) is 6.92 Å². The zero-order valence-corrected chi connectivity index (χ0v) is 17.5. The third-order valence-electron chi connectivity index (χ3n) is 5.69. The summed E-state index contributed by atoms with van der Waals surface area (Å²) in [7, 11) is 0. The Hall–Kier alpha value is -2.00. The molecule has 9 heteroatoms. The van der Waals surface area contributed by atoms with Gasteiger partial charge in [0, 0.05) is 38.7 Å². The van der Waals surface area contributed by atoms with Crippen LogP contribution in [0.2, 0.25) is 0 Å². The van der Waals surface area contributed by atoms with Crippen molar-refractivity contribution in [3.8, 4) is 0 Å². The molecular formula is C20H31NO8. The summed E-state index contributed by atoms with van der Waals surface area (Å²) >= 11 is 0. The van der Waals surface area contributed by atoms with Gasteiger partial charge >= 0.3 is 11.9 Å². The summed E-state index contributed by atoms with van der Waals surface area (Å²) in [6, 6.07) is 0. The molecule has 5 atom stereocenters. The molecule has 0 saturated carbocycles. The van der Waals surface area contributed by atoms with Gasteiger partial charge in [0.05, 0.1) is 6.10 Å². The molecule has 2 saturated heterocycles. The van der Waals surface area contributed by atoms with Gasteiger partial charge in [-0.15, -0.1) is 5.06 Å². The molecule has 0 radical (unpaired) electrons.